The van der Waals surface area contributed by atoms with Crippen LogP contribution in [0.3, 0.4) is 0 Å². The summed E-state index contributed by atoms with van der Waals surface area (Å²) in [6, 6.07) is 16.3. The van der Waals surface area contributed by atoms with Gasteiger partial charge in [-0.15, -0.1) is 11.3 Å². The zero-order valence-corrected chi connectivity index (χ0v) is 18.3. The summed E-state index contributed by atoms with van der Waals surface area (Å²) in [4.78, 5) is 25.1. The Balaban J connectivity index is 1.25. The van der Waals surface area contributed by atoms with Crippen LogP contribution in [0.25, 0.3) is 0 Å². The number of benzene rings is 2. The number of fused-ring (bicyclic) bond motifs is 1. The van der Waals surface area contributed by atoms with Gasteiger partial charge in [-0.05, 0) is 55.6 Å². The molecule has 2 amide bonds. The molecule has 0 spiro atoms. The highest BCUT2D eigenvalue weighted by Crippen LogP contribution is 2.41. The molecule has 2 aromatic carbocycles. The summed E-state index contributed by atoms with van der Waals surface area (Å²) in [6.07, 6.45) is 0.847. The summed E-state index contributed by atoms with van der Waals surface area (Å²) >= 11 is 1.38. The van der Waals surface area contributed by atoms with Crippen LogP contribution in [0.5, 0.6) is 11.5 Å². The summed E-state index contributed by atoms with van der Waals surface area (Å²) in [6.45, 7) is 4.80. The highest BCUT2D eigenvalue weighted by atomic mass is 32.1. The van der Waals surface area contributed by atoms with Crippen molar-refractivity contribution < 1.29 is 19.1 Å². The van der Waals surface area contributed by atoms with Crippen LogP contribution in [0.1, 0.15) is 39.4 Å². The van der Waals surface area contributed by atoms with Crippen molar-refractivity contribution in [1.29, 1.82) is 0 Å². The van der Waals surface area contributed by atoms with E-state index in [1.807, 2.05) is 29.6 Å². The zero-order chi connectivity index (χ0) is 21.8. The monoisotopic (exact) mass is 436 g/mol. The first-order valence-electron chi connectivity index (χ1n) is 10.1. The van der Waals surface area contributed by atoms with Crippen molar-refractivity contribution in [3.05, 3.63) is 76.0 Å². The van der Waals surface area contributed by atoms with E-state index in [0.29, 0.717) is 35.0 Å². The van der Waals surface area contributed by atoms with E-state index < -0.39 is 0 Å². The number of amides is 2. The van der Waals surface area contributed by atoms with Crippen molar-refractivity contribution in [3.63, 3.8) is 0 Å². The summed E-state index contributed by atoms with van der Waals surface area (Å²) < 4.78 is 11.8. The van der Waals surface area contributed by atoms with Crippen molar-refractivity contribution in [2.75, 3.05) is 18.5 Å². The van der Waals surface area contributed by atoms with E-state index in [4.69, 9.17) is 9.47 Å². The Bertz CT molecular complexity index is 1080. The van der Waals surface area contributed by atoms with Crippen molar-refractivity contribution in [2.24, 2.45) is 0 Å². The minimum atomic E-state index is -0.231. The predicted octanol–water partition coefficient (Wildman–Crippen LogP) is 4.52. The molecule has 31 heavy (non-hydrogen) atoms. The quantitative estimate of drug-likeness (QED) is 0.534. The Morgan fingerprint density at radius 3 is 2.61 bits per heavy atom. The Morgan fingerprint density at radius 1 is 1.06 bits per heavy atom. The molecule has 1 aliphatic heterocycles. The van der Waals surface area contributed by atoms with Gasteiger partial charge in [-0.3, -0.25) is 9.59 Å². The lowest BCUT2D eigenvalue weighted by Crippen LogP contribution is -2.28. The number of rotatable bonds is 7. The second-order valence-electron chi connectivity index (χ2n) is 7.90. The number of thiophene rings is 1. The Hall–Kier alpha value is -3.32. The van der Waals surface area contributed by atoms with Crippen LogP contribution >= 0.6 is 11.3 Å². The first-order chi connectivity index (χ1) is 14.9. The summed E-state index contributed by atoms with van der Waals surface area (Å²) in [5.41, 5.74) is 2.06. The van der Waals surface area contributed by atoms with E-state index in [1.165, 1.54) is 11.3 Å². The maximum atomic E-state index is 12.4. The van der Waals surface area contributed by atoms with Gasteiger partial charge in [-0.2, -0.15) is 0 Å². The summed E-state index contributed by atoms with van der Waals surface area (Å²) in [7, 11) is 0. The molecule has 2 heterocycles. The molecular weight excluding hydrogens is 412 g/mol. The van der Waals surface area contributed by atoms with Crippen LogP contribution < -0.4 is 20.1 Å². The van der Waals surface area contributed by atoms with Crippen LogP contribution in [0.15, 0.2) is 60.0 Å². The van der Waals surface area contributed by atoms with E-state index in [0.717, 1.165) is 17.7 Å². The summed E-state index contributed by atoms with van der Waals surface area (Å²) in [5, 5.41) is 7.51. The molecule has 1 aromatic heterocycles. The molecule has 4 rings (SSSR count). The molecule has 3 aromatic rings. The van der Waals surface area contributed by atoms with E-state index in [1.54, 1.807) is 30.3 Å². The van der Waals surface area contributed by atoms with Gasteiger partial charge < -0.3 is 20.1 Å². The zero-order valence-electron chi connectivity index (χ0n) is 17.4. The van der Waals surface area contributed by atoms with Gasteiger partial charge in [0.2, 0.25) is 0 Å². The number of nitrogens with one attached hydrogen (secondary N) is 2. The van der Waals surface area contributed by atoms with E-state index in [-0.39, 0.29) is 17.4 Å². The van der Waals surface area contributed by atoms with E-state index >= 15 is 0 Å². The number of anilines is 1. The number of ether oxygens (including phenoxy) is 2. The third kappa shape index (κ3) is 5.06. The number of carbonyl (C=O) groups is 2. The Labute approximate surface area is 185 Å². The Morgan fingerprint density at radius 2 is 1.87 bits per heavy atom. The van der Waals surface area contributed by atoms with Crippen LogP contribution in [-0.4, -0.2) is 30.6 Å². The van der Waals surface area contributed by atoms with Crippen molar-refractivity contribution in [2.45, 2.75) is 25.9 Å². The number of carbonyl (C=O) groups excluding carboxylic acids is 2. The third-order valence-corrected chi connectivity index (χ3v) is 5.72. The smallest absolute Gasteiger partial charge is 0.265 e. The van der Waals surface area contributed by atoms with Crippen molar-refractivity contribution >= 4 is 28.8 Å². The molecule has 0 atom stereocenters. The largest absolute Gasteiger partial charge is 0.488 e. The van der Waals surface area contributed by atoms with Crippen LogP contribution in [0, 0.1) is 0 Å². The maximum absolute atomic E-state index is 12.4. The van der Waals surface area contributed by atoms with Gasteiger partial charge >= 0.3 is 0 Å². The molecule has 0 bridgehead atoms. The number of hydrogen-bond acceptors (Lipinski definition) is 5. The standard InChI is InChI=1S/C24H24N2O4S/c1-24(2)15-17-5-3-6-19(21(17)30-24)29-13-12-25-22(27)16-8-10-18(11-9-16)26-23(28)20-7-4-14-31-20/h3-11,14H,12-13,15H2,1-2H3,(H,25,27)(H,26,28). The highest BCUT2D eigenvalue weighted by Gasteiger charge is 2.32. The molecule has 2 N–H and O–H groups in total. The third-order valence-electron chi connectivity index (χ3n) is 4.85. The first-order valence-corrected chi connectivity index (χ1v) is 11.0. The highest BCUT2D eigenvalue weighted by molar-refractivity contribution is 7.12. The lowest BCUT2D eigenvalue weighted by molar-refractivity contribution is 0.0945. The van der Waals surface area contributed by atoms with Gasteiger partial charge in [0.05, 0.1) is 11.4 Å². The second kappa shape index (κ2) is 8.81. The number of para-hydroxylation sites is 1. The lowest BCUT2D eigenvalue weighted by Gasteiger charge is -2.18. The molecular formula is C24H24N2O4S. The van der Waals surface area contributed by atoms with Crippen molar-refractivity contribution in [1.82, 2.24) is 5.32 Å². The van der Waals surface area contributed by atoms with Gasteiger partial charge in [0.1, 0.15) is 12.2 Å². The van der Waals surface area contributed by atoms with Crippen molar-refractivity contribution in [3.8, 4) is 11.5 Å². The normalized spacial score (nSPS) is 13.7. The van der Waals surface area contributed by atoms with Gasteiger partial charge in [-0.1, -0.05) is 18.2 Å². The van der Waals surface area contributed by atoms with E-state index in [2.05, 4.69) is 24.5 Å². The fraction of sp³-hybridized carbons (Fsp3) is 0.250. The van der Waals surface area contributed by atoms with E-state index in [9.17, 15) is 9.59 Å². The molecule has 7 heteroatoms. The molecule has 160 valence electrons. The average molecular weight is 437 g/mol. The molecule has 0 fully saturated rings. The average Bonchev–Trinajstić information content (AvgIpc) is 3.38. The summed E-state index contributed by atoms with van der Waals surface area (Å²) in [5.74, 6) is 1.13. The molecule has 1 aliphatic rings. The molecule has 0 unspecified atom stereocenters. The van der Waals surface area contributed by atoms with Crippen LogP contribution in [0.4, 0.5) is 5.69 Å². The molecule has 0 saturated heterocycles. The molecule has 0 aliphatic carbocycles. The SMILES string of the molecule is CC1(C)Cc2cccc(OCCNC(=O)c3ccc(NC(=O)c4cccs4)cc3)c2O1. The lowest BCUT2D eigenvalue weighted by atomic mass is 10.0. The van der Waals surface area contributed by atoms with Gasteiger partial charge in [0.25, 0.3) is 11.8 Å². The fourth-order valence-electron chi connectivity index (χ4n) is 3.43. The molecule has 0 radical (unpaired) electrons. The van der Waals surface area contributed by atoms with Gasteiger partial charge in [0, 0.05) is 23.2 Å². The molecule has 6 nitrogen and oxygen atoms in total. The topological polar surface area (TPSA) is 76.7 Å². The Kier molecular flexibility index (Phi) is 5.95. The maximum Gasteiger partial charge on any atom is 0.265 e. The van der Waals surface area contributed by atoms with Crippen LogP contribution in [-0.2, 0) is 6.42 Å². The fourth-order valence-corrected chi connectivity index (χ4v) is 4.05. The first kappa shape index (κ1) is 20.9. The second-order valence-corrected chi connectivity index (χ2v) is 8.84. The van der Waals surface area contributed by atoms with Crippen LogP contribution in [0.2, 0.25) is 0 Å². The molecule has 0 saturated carbocycles. The minimum Gasteiger partial charge on any atom is -0.488 e. The number of hydrogen-bond donors (Lipinski definition) is 2. The minimum absolute atomic E-state index is 0.163. The van der Waals surface area contributed by atoms with Gasteiger partial charge in [-0.25, -0.2) is 0 Å². The van der Waals surface area contributed by atoms with Gasteiger partial charge in [0.15, 0.2) is 11.5 Å². The predicted molar refractivity (Wildman–Crippen MR) is 121 cm³/mol.